The van der Waals surface area contributed by atoms with E-state index >= 15 is 0 Å². The summed E-state index contributed by atoms with van der Waals surface area (Å²) in [5.74, 6) is -0.172. The third-order valence-electron chi connectivity index (χ3n) is 2.63. The molecule has 1 radical (unpaired) electrons. The summed E-state index contributed by atoms with van der Waals surface area (Å²) in [7, 11) is 0. The molecule has 0 aliphatic heterocycles. The molecule has 18 heavy (non-hydrogen) atoms. The number of allylic oxidation sites excluding steroid dienone is 1. The van der Waals surface area contributed by atoms with E-state index in [-0.39, 0.29) is 5.82 Å². The van der Waals surface area contributed by atoms with Crippen LogP contribution in [0.15, 0.2) is 48.5 Å². The van der Waals surface area contributed by atoms with Crippen LogP contribution in [0.3, 0.4) is 0 Å². The molecule has 0 bridgehead atoms. The first-order valence-electron chi connectivity index (χ1n) is 5.68. The van der Waals surface area contributed by atoms with Crippen LogP contribution in [0.1, 0.15) is 16.7 Å². The van der Waals surface area contributed by atoms with E-state index in [0.29, 0.717) is 5.56 Å². The van der Waals surface area contributed by atoms with Crippen LogP contribution >= 0.6 is 11.6 Å². The monoisotopic (exact) mass is 259 g/mol. The molecule has 0 unspecified atom stereocenters. The molecule has 0 N–H and O–H groups in total. The third kappa shape index (κ3) is 3.44. The highest BCUT2D eigenvalue weighted by Gasteiger charge is 1.96. The zero-order valence-electron chi connectivity index (χ0n) is 10.0. The second-order valence-electron chi connectivity index (χ2n) is 4.09. The molecule has 0 saturated heterocycles. The van der Waals surface area contributed by atoms with E-state index in [2.05, 4.69) is 0 Å². The minimum atomic E-state index is -0.172. The molecule has 0 fully saturated rings. The predicted octanol–water partition coefficient (Wildman–Crippen LogP) is 5.05. The first-order valence-corrected chi connectivity index (χ1v) is 6.06. The van der Waals surface area contributed by atoms with Crippen LogP contribution in [0.4, 0.5) is 4.39 Å². The fourth-order valence-corrected chi connectivity index (χ4v) is 1.74. The molecule has 0 aliphatic rings. The van der Waals surface area contributed by atoms with E-state index in [1.165, 1.54) is 6.07 Å². The van der Waals surface area contributed by atoms with Gasteiger partial charge in [0.1, 0.15) is 5.82 Å². The minimum absolute atomic E-state index is 0.172. The highest BCUT2D eigenvalue weighted by Crippen LogP contribution is 2.13. The lowest BCUT2D eigenvalue weighted by atomic mass is 10.1. The second-order valence-corrected chi connectivity index (χ2v) is 4.52. The van der Waals surface area contributed by atoms with Gasteiger partial charge in [-0.1, -0.05) is 42.0 Å². The maximum atomic E-state index is 13.1. The van der Waals surface area contributed by atoms with Gasteiger partial charge in [0.2, 0.25) is 0 Å². The summed E-state index contributed by atoms with van der Waals surface area (Å²) in [6.07, 6.45) is 5.87. The number of benzene rings is 2. The smallest absolute Gasteiger partial charge is 0.126 e. The van der Waals surface area contributed by atoms with Gasteiger partial charge in [-0.05, 0) is 47.9 Å². The summed E-state index contributed by atoms with van der Waals surface area (Å²) in [5, 5.41) is 0.727. The maximum Gasteiger partial charge on any atom is 0.126 e. The van der Waals surface area contributed by atoms with E-state index in [0.717, 1.165) is 16.1 Å². The van der Waals surface area contributed by atoms with Crippen molar-refractivity contribution >= 4 is 17.7 Å². The van der Waals surface area contributed by atoms with Crippen LogP contribution in [0.25, 0.3) is 6.08 Å². The van der Waals surface area contributed by atoms with Gasteiger partial charge in [-0.25, -0.2) is 4.39 Å². The third-order valence-corrected chi connectivity index (χ3v) is 2.88. The van der Waals surface area contributed by atoms with Gasteiger partial charge in [-0.2, -0.15) is 0 Å². The first kappa shape index (κ1) is 12.8. The van der Waals surface area contributed by atoms with Crippen molar-refractivity contribution in [3.05, 3.63) is 82.5 Å². The SMILES string of the molecule is Cc1cc(/C=C/[CH]c2ccc(Cl)cc2)ccc1F. The Bertz CT molecular complexity index is 556. The Morgan fingerprint density at radius 1 is 1.00 bits per heavy atom. The van der Waals surface area contributed by atoms with Crippen molar-refractivity contribution in [3.63, 3.8) is 0 Å². The van der Waals surface area contributed by atoms with Crippen LogP contribution in [-0.2, 0) is 0 Å². The van der Waals surface area contributed by atoms with Crippen molar-refractivity contribution in [1.29, 1.82) is 0 Å². The molecule has 2 rings (SSSR count). The molecular weight excluding hydrogens is 247 g/mol. The Balaban J connectivity index is 2.02. The Hall–Kier alpha value is -1.60. The molecule has 0 saturated carbocycles. The van der Waals surface area contributed by atoms with Crippen molar-refractivity contribution in [3.8, 4) is 0 Å². The van der Waals surface area contributed by atoms with Crippen molar-refractivity contribution in [2.24, 2.45) is 0 Å². The number of aryl methyl sites for hydroxylation is 1. The summed E-state index contributed by atoms with van der Waals surface area (Å²) in [4.78, 5) is 0. The van der Waals surface area contributed by atoms with Gasteiger partial charge >= 0.3 is 0 Å². The number of hydrogen-bond acceptors (Lipinski definition) is 0. The lowest BCUT2D eigenvalue weighted by Crippen LogP contribution is -1.82. The summed E-state index contributed by atoms with van der Waals surface area (Å²) >= 11 is 5.81. The van der Waals surface area contributed by atoms with Gasteiger partial charge in [-0.3, -0.25) is 0 Å². The predicted molar refractivity (Wildman–Crippen MR) is 75.0 cm³/mol. The summed E-state index contributed by atoms with van der Waals surface area (Å²) < 4.78 is 13.1. The van der Waals surface area contributed by atoms with Gasteiger partial charge < -0.3 is 0 Å². The van der Waals surface area contributed by atoms with Crippen molar-refractivity contribution in [2.75, 3.05) is 0 Å². The van der Waals surface area contributed by atoms with Crippen LogP contribution in [-0.4, -0.2) is 0 Å². The minimum Gasteiger partial charge on any atom is -0.207 e. The molecule has 2 aromatic carbocycles. The van der Waals surface area contributed by atoms with E-state index in [4.69, 9.17) is 11.6 Å². The standard InChI is InChI=1S/C16H13ClF/c1-12-11-14(7-10-16(12)18)4-2-3-13-5-8-15(17)9-6-13/h2-11H,1H3/b4-2+. The van der Waals surface area contributed by atoms with Crippen molar-refractivity contribution in [1.82, 2.24) is 0 Å². The van der Waals surface area contributed by atoms with Crippen LogP contribution in [0.5, 0.6) is 0 Å². The number of hydrogen-bond donors (Lipinski definition) is 0. The molecule has 0 spiro atoms. The lowest BCUT2D eigenvalue weighted by molar-refractivity contribution is 0.618. The van der Waals surface area contributed by atoms with Crippen LogP contribution < -0.4 is 0 Å². The molecule has 0 amide bonds. The Labute approximate surface area is 112 Å². The zero-order valence-corrected chi connectivity index (χ0v) is 10.8. The molecule has 0 aromatic heterocycles. The Morgan fingerprint density at radius 2 is 1.67 bits per heavy atom. The molecule has 0 heterocycles. The maximum absolute atomic E-state index is 13.1. The van der Waals surface area contributed by atoms with Gasteiger partial charge in [-0.15, -0.1) is 0 Å². The van der Waals surface area contributed by atoms with Gasteiger partial charge in [0.25, 0.3) is 0 Å². The molecule has 0 nitrogen and oxygen atoms in total. The van der Waals surface area contributed by atoms with E-state index in [1.807, 2.05) is 48.9 Å². The van der Waals surface area contributed by atoms with E-state index in [1.54, 1.807) is 13.0 Å². The number of rotatable bonds is 3. The van der Waals surface area contributed by atoms with Crippen molar-refractivity contribution in [2.45, 2.75) is 6.92 Å². The topological polar surface area (TPSA) is 0 Å². The first-order chi connectivity index (χ1) is 8.65. The fraction of sp³-hybridized carbons (Fsp3) is 0.0625. The van der Waals surface area contributed by atoms with Crippen molar-refractivity contribution < 1.29 is 4.39 Å². The largest absolute Gasteiger partial charge is 0.207 e. The zero-order chi connectivity index (χ0) is 13.0. The molecule has 91 valence electrons. The lowest BCUT2D eigenvalue weighted by Gasteiger charge is -1.99. The molecule has 2 heteroatoms. The molecular formula is C16H13ClF. The van der Waals surface area contributed by atoms with Crippen LogP contribution in [0, 0.1) is 19.2 Å². The highest BCUT2D eigenvalue weighted by molar-refractivity contribution is 6.30. The van der Waals surface area contributed by atoms with Gasteiger partial charge in [0.15, 0.2) is 0 Å². The molecule has 0 aliphatic carbocycles. The van der Waals surface area contributed by atoms with E-state index in [9.17, 15) is 4.39 Å². The average molecular weight is 260 g/mol. The summed E-state index contributed by atoms with van der Waals surface area (Å²) in [6, 6.07) is 12.7. The van der Waals surface area contributed by atoms with Gasteiger partial charge in [0, 0.05) is 11.4 Å². The quantitative estimate of drug-likeness (QED) is 0.723. The average Bonchev–Trinajstić information content (AvgIpc) is 2.36. The number of halogens is 2. The molecule has 2 aromatic rings. The Morgan fingerprint density at radius 3 is 2.33 bits per heavy atom. The summed E-state index contributed by atoms with van der Waals surface area (Å²) in [5.41, 5.74) is 2.72. The fourth-order valence-electron chi connectivity index (χ4n) is 1.62. The summed E-state index contributed by atoms with van der Waals surface area (Å²) in [6.45, 7) is 1.76. The van der Waals surface area contributed by atoms with Crippen LogP contribution in [0.2, 0.25) is 5.02 Å². The molecule has 0 atom stereocenters. The highest BCUT2D eigenvalue weighted by atomic mass is 35.5. The Kier molecular flexibility index (Phi) is 4.16. The van der Waals surface area contributed by atoms with E-state index < -0.39 is 0 Å². The second kappa shape index (κ2) is 5.83. The normalized spacial score (nSPS) is 11.1. The van der Waals surface area contributed by atoms with Gasteiger partial charge in [0.05, 0.1) is 0 Å².